The monoisotopic (exact) mass is 350 g/mol. The SMILES string of the molecule is COc1cc(/C=N\Nc2ccc(Br)cc2)cc(OC)c1O. The summed E-state index contributed by atoms with van der Waals surface area (Å²) in [6.07, 6.45) is 1.62. The number of nitrogens with zero attached hydrogens (tertiary/aromatic N) is 1. The molecule has 0 bridgehead atoms. The highest BCUT2D eigenvalue weighted by Crippen LogP contribution is 2.36. The summed E-state index contributed by atoms with van der Waals surface area (Å²) >= 11 is 3.37. The minimum absolute atomic E-state index is 0.0296. The van der Waals surface area contributed by atoms with Crippen molar-refractivity contribution in [1.29, 1.82) is 0 Å². The van der Waals surface area contributed by atoms with Crippen molar-refractivity contribution in [2.45, 2.75) is 0 Å². The fourth-order valence-corrected chi connectivity index (χ4v) is 1.96. The molecule has 0 saturated carbocycles. The van der Waals surface area contributed by atoms with E-state index in [9.17, 15) is 5.11 Å². The summed E-state index contributed by atoms with van der Waals surface area (Å²) < 4.78 is 11.2. The summed E-state index contributed by atoms with van der Waals surface area (Å²) in [5.41, 5.74) is 4.52. The molecule has 2 N–H and O–H groups in total. The molecular weight excluding hydrogens is 336 g/mol. The molecule has 5 nitrogen and oxygen atoms in total. The number of phenolic OH excluding ortho intramolecular Hbond substituents is 1. The standard InChI is InChI=1S/C15H15BrN2O3/c1-20-13-7-10(8-14(21-2)15(13)19)9-17-18-12-5-3-11(16)4-6-12/h3-9,18-19H,1-2H3/b17-9-. The van der Waals surface area contributed by atoms with Crippen LogP contribution in [0, 0.1) is 0 Å². The zero-order chi connectivity index (χ0) is 15.2. The van der Waals surface area contributed by atoms with Gasteiger partial charge in [0.05, 0.1) is 26.1 Å². The summed E-state index contributed by atoms with van der Waals surface area (Å²) in [5, 5.41) is 14.0. The zero-order valence-corrected chi connectivity index (χ0v) is 13.2. The van der Waals surface area contributed by atoms with Gasteiger partial charge in [-0.2, -0.15) is 5.10 Å². The highest BCUT2D eigenvalue weighted by molar-refractivity contribution is 9.10. The van der Waals surface area contributed by atoms with Crippen LogP contribution in [0.1, 0.15) is 5.56 Å². The molecule has 0 saturated heterocycles. The van der Waals surface area contributed by atoms with Crippen LogP contribution in [-0.4, -0.2) is 25.5 Å². The van der Waals surface area contributed by atoms with Gasteiger partial charge >= 0.3 is 0 Å². The third-order valence-electron chi connectivity index (χ3n) is 2.75. The summed E-state index contributed by atoms with van der Waals surface area (Å²) in [6, 6.07) is 11.0. The lowest BCUT2D eigenvalue weighted by molar-refractivity contribution is 0.340. The molecule has 0 amide bonds. The fourth-order valence-electron chi connectivity index (χ4n) is 1.69. The van der Waals surface area contributed by atoms with Gasteiger partial charge in [0.15, 0.2) is 11.5 Å². The summed E-state index contributed by atoms with van der Waals surface area (Å²) in [7, 11) is 2.96. The van der Waals surface area contributed by atoms with Crippen LogP contribution in [0.4, 0.5) is 5.69 Å². The van der Waals surface area contributed by atoms with Gasteiger partial charge < -0.3 is 14.6 Å². The maximum Gasteiger partial charge on any atom is 0.200 e. The number of methoxy groups -OCH3 is 2. The van der Waals surface area contributed by atoms with Crippen LogP contribution in [0.25, 0.3) is 0 Å². The Balaban J connectivity index is 2.15. The van der Waals surface area contributed by atoms with Crippen molar-refractivity contribution in [3.63, 3.8) is 0 Å². The van der Waals surface area contributed by atoms with Gasteiger partial charge in [0, 0.05) is 10.0 Å². The molecule has 2 rings (SSSR count). The summed E-state index contributed by atoms with van der Waals surface area (Å²) in [5.74, 6) is 0.636. The number of aromatic hydroxyl groups is 1. The second kappa shape index (κ2) is 6.99. The molecule has 0 aliphatic heterocycles. The number of ether oxygens (including phenoxy) is 2. The van der Waals surface area contributed by atoms with Gasteiger partial charge in [0.25, 0.3) is 0 Å². The number of hydrogen-bond donors (Lipinski definition) is 2. The van der Waals surface area contributed by atoms with Crippen molar-refractivity contribution < 1.29 is 14.6 Å². The van der Waals surface area contributed by atoms with E-state index in [1.165, 1.54) is 14.2 Å². The number of hydrogen-bond acceptors (Lipinski definition) is 5. The Morgan fingerprint density at radius 3 is 2.19 bits per heavy atom. The van der Waals surface area contributed by atoms with Crippen molar-refractivity contribution in [3.05, 3.63) is 46.4 Å². The normalized spacial score (nSPS) is 10.6. The van der Waals surface area contributed by atoms with Crippen LogP contribution in [-0.2, 0) is 0 Å². The van der Waals surface area contributed by atoms with Crippen LogP contribution < -0.4 is 14.9 Å². The third kappa shape index (κ3) is 3.88. The fraction of sp³-hybridized carbons (Fsp3) is 0.133. The first-order valence-corrected chi connectivity index (χ1v) is 6.93. The van der Waals surface area contributed by atoms with Crippen LogP contribution >= 0.6 is 15.9 Å². The molecule has 0 aromatic heterocycles. The van der Waals surface area contributed by atoms with E-state index in [4.69, 9.17) is 9.47 Å². The maximum atomic E-state index is 9.83. The Morgan fingerprint density at radius 2 is 1.67 bits per heavy atom. The number of hydrazone groups is 1. The lowest BCUT2D eigenvalue weighted by atomic mass is 10.2. The van der Waals surface area contributed by atoms with E-state index in [1.807, 2.05) is 24.3 Å². The molecular formula is C15H15BrN2O3. The number of benzene rings is 2. The van der Waals surface area contributed by atoms with Crippen LogP contribution in [0.3, 0.4) is 0 Å². The second-order valence-corrected chi connectivity index (χ2v) is 5.07. The van der Waals surface area contributed by atoms with Gasteiger partial charge in [-0.25, -0.2) is 0 Å². The number of rotatable bonds is 5. The van der Waals surface area contributed by atoms with E-state index in [1.54, 1.807) is 18.3 Å². The van der Waals surface area contributed by atoms with Crippen molar-refractivity contribution in [2.75, 3.05) is 19.6 Å². The minimum Gasteiger partial charge on any atom is -0.502 e. The van der Waals surface area contributed by atoms with E-state index in [-0.39, 0.29) is 5.75 Å². The van der Waals surface area contributed by atoms with Crippen LogP contribution in [0.15, 0.2) is 46.0 Å². The Bertz CT molecular complexity index is 617. The van der Waals surface area contributed by atoms with E-state index in [0.29, 0.717) is 11.5 Å². The molecule has 21 heavy (non-hydrogen) atoms. The highest BCUT2D eigenvalue weighted by atomic mass is 79.9. The third-order valence-corrected chi connectivity index (χ3v) is 3.28. The van der Waals surface area contributed by atoms with Gasteiger partial charge in [-0.3, -0.25) is 5.43 Å². The molecule has 0 aliphatic rings. The van der Waals surface area contributed by atoms with E-state index in [0.717, 1.165) is 15.7 Å². The predicted octanol–water partition coefficient (Wildman–Crippen LogP) is 3.62. The lowest BCUT2D eigenvalue weighted by Gasteiger charge is -2.09. The molecule has 0 aliphatic carbocycles. The van der Waals surface area contributed by atoms with Gasteiger partial charge in [-0.05, 0) is 36.4 Å². The zero-order valence-electron chi connectivity index (χ0n) is 11.6. The number of phenols is 1. The minimum atomic E-state index is -0.0296. The van der Waals surface area contributed by atoms with Gasteiger partial charge in [0.2, 0.25) is 5.75 Å². The van der Waals surface area contributed by atoms with E-state index < -0.39 is 0 Å². The van der Waals surface area contributed by atoms with Crippen LogP contribution in [0.5, 0.6) is 17.2 Å². The van der Waals surface area contributed by atoms with Gasteiger partial charge in [-0.1, -0.05) is 15.9 Å². The molecule has 0 fully saturated rings. The van der Waals surface area contributed by atoms with Crippen molar-refractivity contribution in [3.8, 4) is 17.2 Å². The quantitative estimate of drug-likeness (QED) is 0.638. The van der Waals surface area contributed by atoms with E-state index in [2.05, 4.69) is 26.5 Å². The second-order valence-electron chi connectivity index (χ2n) is 4.15. The molecule has 6 heteroatoms. The molecule has 0 heterocycles. The number of nitrogens with one attached hydrogen (secondary N) is 1. The van der Waals surface area contributed by atoms with Crippen LogP contribution in [0.2, 0.25) is 0 Å². The Labute approximate surface area is 131 Å². The molecule has 0 spiro atoms. The Morgan fingerprint density at radius 1 is 1.10 bits per heavy atom. The number of anilines is 1. The molecule has 110 valence electrons. The smallest absolute Gasteiger partial charge is 0.200 e. The first-order valence-electron chi connectivity index (χ1n) is 6.13. The van der Waals surface area contributed by atoms with E-state index >= 15 is 0 Å². The predicted molar refractivity (Wildman–Crippen MR) is 86.6 cm³/mol. The topological polar surface area (TPSA) is 63.1 Å². The number of halogens is 1. The first-order chi connectivity index (χ1) is 10.1. The molecule has 2 aromatic rings. The summed E-state index contributed by atoms with van der Waals surface area (Å²) in [6.45, 7) is 0. The molecule has 0 unspecified atom stereocenters. The van der Waals surface area contributed by atoms with Crippen molar-refractivity contribution in [1.82, 2.24) is 0 Å². The van der Waals surface area contributed by atoms with Gasteiger partial charge in [0.1, 0.15) is 0 Å². The summed E-state index contributed by atoms with van der Waals surface area (Å²) in [4.78, 5) is 0. The van der Waals surface area contributed by atoms with Crippen molar-refractivity contribution >= 4 is 27.8 Å². The van der Waals surface area contributed by atoms with Crippen molar-refractivity contribution in [2.24, 2.45) is 5.10 Å². The molecule has 2 aromatic carbocycles. The lowest BCUT2D eigenvalue weighted by Crippen LogP contribution is -1.94. The largest absolute Gasteiger partial charge is 0.502 e. The van der Waals surface area contributed by atoms with Gasteiger partial charge in [-0.15, -0.1) is 0 Å². The first kappa shape index (κ1) is 15.2. The average Bonchev–Trinajstić information content (AvgIpc) is 2.50. The Kier molecular flexibility index (Phi) is 5.05. The molecule has 0 radical (unpaired) electrons. The Hall–Kier alpha value is -2.21. The highest BCUT2D eigenvalue weighted by Gasteiger charge is 2.10. The molecule has 0 atom stereocenters. The average molecular weight is 351 g/mol. The maximum absolute atomic E-state index is 9.83.